The molecule has 0 radical (unpaired) electrons. The second-order valence-corrected chi connectivity index (χ2v) is 9.88. The third kappa shape index (κ3) is 5.25. The first kappa shape index (κ1) is 27.1. The molecular formula is C27H24ClF5N4O2. The molecule has 12 heteroatoms. The molecule has 5 rings (SSSR count). The summed E-state index contributed by atoms with van der Waals surface area (Å²) in [6, 6.07) is 7.84. The zero-order valence-electron chi connectivity index (χ0n) is 21.0. The van der Waals surface area contributed by atoms with Crippen molar-refractivity contribution in [1.82, 2.24) is 4.98 Å². The molecule has 2 aliphatic heterocycles. The highest BCUT2D eigenvalue weighted by Gasteiger charge is 2.40. The lowest BCUT2D eigenvalue weighted by Crippen LogP contribution is -2.45. The molecule has 2 aromatic carbocycles. The molecule has 6 nitrogen and oxygen atoms in total. The summed E-state index contributed by atoms with van der Waals surface area (Å²) in [6.07, 6.45) is -4.50. The zero-order valence-corrected chi connectivity index (χ0v) is 21.8. The largest absolute Gasteiger partial charge is 0.416 e. The van der Waals surface area contributed by atoms with E-state index in [1.165, 1.54) is 18.9 Å². The van der Waals surface area contributed by atoms with Crippen LogP contribution in [-0.4, -0.2) is 50.3 Å². The summed E-state index contributed by atoms with van der Waals surface area (Å²) in [5.74, 6) is -2.67. The second kappa shape index (κ2) is 10.3. The molecule has 1 amide bonds. The highest BCUT2D eigenvalue weighted by atomic mass is 35.5. The maximum absolute atomic E-state index is 14.6. The minimum atomic E-state index is -4.63. The Morgan fingerprint density at radius 2 is 1.79 bits per heavy atom. The molecule has 0 unspecified atom stereocenters. The molecule has 0 saturated carbocycles. The molecule has 0 spiro atoms. The second-order valence-electron chi connectivity index (χ2n) is 9.47. The average molecular weight is 567 g/mol. The van der Waals surface area contributed by atoms with Gasteiger partial charge in [-0.1, -0.05) is 11.6 Å². The van der Waals surface area contributed by atoms with Gasteiger partial charge in [0.25, 0.3) is 0 Å². The average Bonchev–Trinajstić information content (AvgIpc) is 3.28. The number of benzene rings is 2. The van der Waals surface area contributed by atoms with Gasteiger partial charge < -0.3 is 19.4 Å². The summed E-state index contributed by atoms with van der Waals surface area (Å²) in [6.45, 7) is 3.91. The minimum Gasteiger partial charge on any atom is -0.378 e. The van der Waals surface area contributed by atoms with Crippen LogP contribution in [0.4, 0.5) is 44.8 Å². The predicted octanol–water partition coefficient (Wildman–Crippen LogP) is 5.90. The van der Waals surface area contributed by atoms with Crippen molar-refractivity contribution >= 4 is 40.4 Å². The van der Waals surface area contributed by atoms with E-state index in [1.54, 1.807) is 6.07 Å². The van der Waals surface area contributed by atoms with Gasteiger partial charge in [-0.05, 0) is 48.9 Å². The van der Waals surface area contributed by atoms with Gasteiger partial charge in [0.15, 0.2) is 0 Å². The number of alkyl halides is 3. The van der Waals surface area contributed by atoms with E-state index in [4.69, 9.17) is 16.3 Å². The van der Waals surface area contributed by atoms with E-state index < -0.39 is 35.3 Å². The number of fused-ring (bicyclic) bond motifs is 1. The first-order chi connectivity index (χ1) is 18.4. The molecule has 1 fully saturated rings. The Kier molecular flexibility index (Phi) is 7.15. The molecular weight excluding hydrogens is 543 g/mol. The number of likely N-dealkylation sites (N-methyl/N-ethyl adjacent to an activating group) is 1. The normalized spacial score (nSPS) is 17.4. The molecule has 1 saturated heterocycles. The first-order valence-electron chi connectivity index (χ1n) is 12.2. The summed E-state index contributed by atoms with van der Waals surface area (Å²) in [5, 5.41) is -0.372. The molecule has 0 bridgehead atoms. The quantitative estimate of drug-likeness (QED) is 0.291. The Hall–Kier alpha value is -3.44. The predicted molar refractivity (Wildman–Crippen MR) is 138 cm³/mol. The fourth-order valence-corrected chi connectivity index (χ4v) is 5.14. The van der Waals surface area contributed by atoms with E-state index in [0.717, 1.165) is 34.3 Å². The van der Waals surface area contributed by atoms with Crippen LogP contribution >= 0.6 is 11.6 Å². The van der Waals surface area contributed by atoms with Crippen molar-refractivity contribution in [2.45, 2.75) is 25.6 Å². The van der Waals surface area contributed by atoms with Crippen LogP contribution in [0.15, 0.2) is 42.5 Å². The Bertz CT molecular complexity index is 1430. The summed E-state index contributed by atoms with van der Waals surface area (Å²) >= 11 is 5.84. The number of anilines is 4. The van der Waals surface area contributed by atoms with Crippen LogP contribution in [0.25, 0.3) is 0 Å². The number of hydrogen-bond donors (Lipinski definition) is 0. The number of amides is 1. The number of morpholine rings is 1. The third-order valence-corrected chi connectivity index (χ3v) is 7.19. The van der Waals surface area contributed by atoms with Crippen molar-refractivity contribution in [2.24, 2.45) is 0 Å². The Balaban J connectivity index is 1.59. The monoisotopic (exact) mass is 566 g/mol. The van der Waals surface area contributed by atoms with Crippen molar-refractivity contribution < 1.29 is 31.5 Å². The Morgan fingerprint density at radius 3 is 2.49 bits per heavy atom. The van der Waals surface area contributed by atoms with Crippen molar-refractivity contribution in [2.75, 3.05) is 48.1 Å². The van der Waals surface area contributed by atoms with Gasteiger partial charge in [0.05, 0.1) is 29.5 Å². The van der Waals surface area contributed by atoms with Gasteiger partial charge in [0.1, 0.15) is 23.5 Å². The Labute approximate surface area is 226 Å². The number of carbonyl (C=O) groups excluding carboxylic acids is 1. The number of nitrogens with zero attached hydrogens (tertiary/aromatic N) is 4. The summed E-state index contributed by atoms with van der Waals surface area (Å²) in [5.41, 5.74) is 1.09. The highest BCUT2D eigenvalue weighted by Crippen LogP contribution is 2.42. The lowest BCUT2D eigenvalue weighted by atomic mass is 10.1. The molecule has 1 aromatic heterocycles. The van der Waals surface area contributed by atoms with Gasteiger partial charge in [-0.15, -0.1) is 0 Å². The highest BCUT2D eigenvalue weighted by molar-refractivity contribution is 6.31. The maximum Gasteiger partial charge on any atom is 0.416 e. The van der Waals surface area contributed by atoms with E-state index in [2.05, 4.69) is 9.88 Å². The van der Waals surface area contributed by atoms with Gasteiger partial charge in [-0.3, -0.25) is 4.79 Å². The lowest BCUT2D eigenvalue weighted by Gasteiger charge is -2.31. The number of rotatable bonds is 4. The van der Waals surface area contributed by atoms with Crippen LogP contribution in [0.5, 0.6) is 0 Å². The van der Waals surface area contributed by atoms with Crippen LogP contribution in [0, 0.1) is 18.6 Å². The van der Waals surface area contributed by atoms with Gasteiger partial charge in [-0.25, -0.2) is 13.8 Å². The van der Waals surface area contributed by atoms with Crippen LogP contribution < -0.4 is 14.7 Å². The molecule has 39 heavy (non-hydrogen) atoms. The number of pyridine rings is 1. The zero-order chi connectivity index (χ0) is 28.1. The third-order valence-electron chi connectivity index (χ3n) is 6.90. The number of carbonyl (C=O) groups is 1. The minimum absolute atomic E-state index is 0.0652. The van der Waals surface area contributed by atoms with Gasteiger partial charge in [-0.2, -0.15) is 13.2 Å². The van der Waals surface area contributed by atoms with Crippen LogP contribution in [0.1, 0.15) is 16.8 Å². The van der Waals surface area contributed by atoms with Crippen molar-refractivity contribution in [3.05, 3.63) is 75.9 Å². The summed E-state index contributed by atoms with van der Waals surface area (Å²) in [7, 11) is 1.31. The molecule has 0 N–H and O–H groups in total. The van der Waals surface area contributed by atoms with Gasteiger partial charge >= 0.3 is 6.18 Å². The maximum atomic E-state index is 14.6. The number of aryl methyl sites for hydroxylation is 1. The van der Waals surface area contributed by atoms with Crippen molar-refractivity contribution in [1.29, 1.82) is 0 Å². The summed E-state index contributed by atoms with van der Waals surface area (Å²) < 4.78 is 74.9. The van der Waals surface area contributed by atoms with Crippen LogP contribution in [0.2, 0.25) is 5.02 Å². The smallest absolute Gasteiger partial charge is 0.378 e. The van der Waals surface area contributed by atoms with Gasteiger partial charge in [0, 0.05) is 49.7 Å². The van der Waals surface area contributed by atoms with Gasteiger partial charge in [0.2, 0.25) is 5.91 Å². The molecule has 0 aliphatic carbocycles. The molecule has 2 aliphatic rings. The van der Waals surface area contributed by atoms with E-state index in [9.17, 15) is 26.7 Å². The summed E-state index contributed by atoms with van der Waals surface area (Å²) in [4.78, 5) is 22.7. The topological polar surface area (TPSA) is 48.9 Å². The number of ether oxygens (including phenoxy) is 1. The number of hydrogen-bond acceptors (Lipinski definition) is 5. The van der Waals surface area contributed by atoms with E-state index in [1.807, 2.05) is 12.1 Å². The van der Waals surface area contributed by atoms with Crippen LogP contribution in [-0.2, 0) is 22.1 Å². The van der Waals surface area contributed by atoms with E-state index in [-0.39, 0.29) is 28.6 Å². The standard InChI is InChI=1S/C27H24ClF5N4O2/c1-15-9-17(27(31,32)33)12-25(34-15)37-22-4-3-18(36-5-7-39-8-6-36)10-16(22)11-24(37)26(38)35(2)23-13-19(28)20(29)14-21(23)30/h3-4,9-10,12-14,24H,5-8,11H2,1-2H3/t24-/m0/s1. The lowest BCUT2D eigenvalue weighted by molar-refractivity contribution is -0.137. The van der Waals surface area contributed by atoms with Crippen molar-refractivity contribution in [3.63, 3.8) is 0 Å². The fourth-order valence-electron chi connectivity index (χ4n) is 4.99. The SMILES string of the molecule is Cc1cc(C(F)(F)F)cc(N2c3ccc(N4CCOCC4)cc3C[C@H]2C(=O)N(C)c2cc(Cl)c(F)cc2F)n1. The first-order valence-corrected chi connectivity index (χ1v) is 12.5. The molecule has 1 atom stereocenters. The van der Waals surface area contributed by atoms with Crippen LogP contribution in [0.3, 0.4) is 0 Å². The molecule has 3 aromatic rings. The molecule has 206 valence electrons. The molecule has 3 heterocycles. The Morgan fingerprint density at radius 1 is 1.08 bits per heavy atom. The van der Waals surface area contributed by atoms with E-state index in [0.29, 0.717) is 38.1 Å². The fraction of sp³-hybridized carbons (Fsp3) is 0.333. The van der Waals surface area contributed by atoms with E-state index >= 15 is 0 Å². The number of aromatic nitrogens is 1. The number of halogens is 6. The van der Waals surface area contributed by atoms with Crippen molar-refractivity contribution in [3.8, 4) is 0 Å².